The lowest BCUT2D eigenvalue weighted by molar-refractivity contribution is 0.483. The minimum Gasteiger partial charge on any atom is -0.506 e. The summed E-state index contributed by atoms with van der Waals surface area (Å²) in [5.41, 5.74) is 3.28. The summed E-state index contributed by atoms with van der Waals surface area (Å²) in [6, 6.07) is 16.3. The second kappa shape index (κ2) is 6.32. The molecule has 1 aromatic heterocycles. The molecule has 0 aliphatic rings. The zero-order valence-corrected chi connectivity index (χ0v) is 13.7. The zero-order valence-electron chi connectivity index (χ0n) is 12.8. The van der Waals surface area contributed by atoms with Gasteiger partial charge in [0.25, 0.3) is 0 Å². The maximum atomic E-state index is 10.6. The van der Waals surface area contributed by atoms with E-state index in [9.17, 15) is 5.11 Å². The van der Waals surface area contributed by atoms with Crippen LogP contribution in [0.1, 0.15) is 29.9 Å². The number of hydrogen-bond acceptors (Lipinski definition) is 3. The van der Waals surface area contributed by atoms with Crippen LogP contribution in [0.4, 0.5) is 0 Å². The molecule has 0 aliphatic carbocycles. The summed E-state index contributed by atoms with van der Waals surface area (Å²) in [4.78, 5) is 5.56. The molecule has 0 fully saturated rings. The number of aliphatic imine (C=N–C) groups is 1. The van der Waals surface area contributed by atoms with Crippen LogP contribution in [0.15, 0.2) is 53.5 Å². The second-order valence-electron chi connectivity index (χ2n) is 5.11. The number of fused-ring (bicyclic) bond motifs is 1. The first-order valence-electron chi connectivity index (χ1n) is 7.59. The fourth-order valence-electron chi connectivity index (χ4n) is 2.69. The first-order valence-corrected chi connectivity index (χ1v) is 8.41. The van der Waals surface area contributed by atoms with Gasteiger partial charge < -0.3 is 5.11 Å². The minimum absolute atomic E-state index is 0.346. The van der Waals surface area contributed by atoms with Crippen molar-refractivity contribution in [2.75, 3.05) is 6.54 Å². The van der Waals surface area contributed by atoms with Gasteiger partial charge in [0.05, 0.1) is 10.6 Å². The van der Waals surface area contributed by atoms with E-state index in [1.54, 1.807) is 11.3 Å². The van der Waals surface area contributed by atoms with Gasteiger partial charge >= 0.3 is 0 Å². The summed E-state index contributed by atoms with van der Waals surface area (Å²) in [7, 11) is 0. The van der Waals surface area contributed by atoms with Gasteiger partial charge in [0, 0.05) is 22.2 Å². The van der Waals surface area contributed by atoms with Crippen LogP contribution < -0.4 is 0 Å². The van der Waals surface area contributed by atoms with Gasteiger partial charge in [0.2, 0.25) is 0 Å². The van der Waals surface area contributed by atoms with Crippen LogP contribution in [0.25, 0.3) is 10.1 Å². The van der Waals surface area contributed by atoms with Crippen molar-refractivity contribution < 1.29 is 5.11 Å². The highest BCUT2D eigenvalue weighted by atomic mass is 32.1. The van der Waals surface area contributed by atoms with Gasteiger partial charge in [-0.2, -0.15) is 0 Å². The van der Waals surface area contributed by atoms with Gasteiger partial charge in [-0.05, 0) is 31.0 Å². The maximum Gasteiger partial charge on any atom is 0.143 e. The van der Waals surface area contributed by atoms with Crippen LogP contribution in [-0.2, 0) is 6.42 Å². The second-order valence-corrected chi connectivity index (χ2v) is 6.16. The molecule has 3 heteroatoms. The first kappa shape index (κ1) is 14.8. The van der Waals surface area contributed by atoms with Crippen molar-refractivity contribution in [3.05, 3.63) is 64.5 Å². The Balaban J connectivity index is 2.23. The number of thiophene rings is 1. The van der Waals surface area contributed by atoms with Crippen LogP contribution in [0.5, 0.6) is 5.75 Å². The Morgan fingerprint density at radius 2 is 1.77 bits per heavy atom. The summed E-state index contributed by atoms with van der Waals surface area (Å²) in [6.45, 7) is 4.87. The van der Waals surface area contributed by atoms with E-state index in [4.69, 9.17) is 4.99 Å². The van der Waals surface area contributed by atoms with Crippen molar-refractivity contribution >= 4 is 27.1 Å². The largest absolute Gasteiger partial charge is 0.506 e. The molecule has 0 bridgehead atoms. The fraction of sp³-hybridized carbons (Fsp3) is 0.211. The molecule has 1 N–H and O–H groups in total. The molecule has 2 aromatic carbocycles. The van der Waals surface area contributed by atoms with Crippen molar-refractivity contribution in [1.82, 2.24) is 0 Å². The van der Waals surface area contributed by atoms with Gasteiger partial charge in [-0.3, -0.25) is 4.99 Å². The van der Waals surface area contributed by atoms with E-state index in [0.29, 0.717) is 12.3 Å². The lowest BCUT2D eigenvalue weighted by atomic mass is 9.99. The van der Waals surface area contributed by atoms with Crippen molar-refractivity contribution in [3.63, 3.8) is 0 Å². The van der Waals surface area contributed by atoms with Crippen LogP contribution in [-0.4, -0.2) is 17.4 Å². The SMILES string of the molecule is CCN=C(c1ccccc1CC)c1sc2ccccc2c1O. The van der Waals surface area contributed by atoms with Crippen LogP contribution in [0.3, 0.4) is 0 Å². The van der Waals surface area contributed by atoms with Crippen LogP contribution in [0.2, 0.25) is 0 Å². The van der Waals surface area contributed by atoms with E-state index in [0.717, 1.165) is 32.7 Å². The quantitative estimate of drug-likeness (QED) is 0.674. The molecule has 22 heavy (non-hydrogen) atoms. The highest BCUT2D eigenvalue weighted by Crippen LogP contribution is 2.38. The van der Waals surface area contributed by atoms with Crippen molar-refractivity contribution in [2.24, 2.45) is 4.99 Å². The lowest BCUT2D eigenvalue weighted by Gasteiger charge is -2.10. The summed E-state index contributed by atoms with van der Waals surface area (Å²) >= 11 is 1.61. The molecule has 112 valence electrons. The Kier molecular flexibility index (Phi) is 4.25. The Morgan fingerprint density at radius 3 is 2.50 bits per heavy atom. The van der Waals surface area contributed by atoms with Crippen molar-refractivity contribution in [3.8, 4) is 5.75 Å². The molecule has 0 amide bonds. The molecule has 2 nitrogen and oxygen atoms in total. The molecule has 0 saturated heterocycles. The molecule has 3 rings (SSSR count). The minimum atomic E-state index is 0.346. The standard InChI is InChI=1S/C19H19NOS/c1-3-13-9-5-6-10-14(13)17(20-4-2)19-18(21)15-11-7-8-12-16(15)22-19/h5-12,21H,3-4H2,1-2H3. The molecule has 0 atom stereocenters. The van der Waals surface area contributed by atoms with E-state index in [1.165, 1.54) is 5.56 Å². The molecule has 1 heterocycles. The number of rotatable bonds is 4. The molecule has 0 unspecified atom stereocenters. The fourth-order valence-corrected chi connectivity index (χ4v) is 3.81. The highest BCUT2D eigenvalue weighted by molar-refractivity contribution is 7.21. The van der Waals surface area contributed by atoms with Gasteiger partial charge in [-0.1, -0.05) is 43.3 Å². The van der Waals surface area contributed by atoms with Crippen LogP contribution >= 0.6 is 11.3 Å². The van der Waals surface area contributed by atoms with E-state index in [-0.39, 0.29) is 0 Å². The predicted molar refractivity (Wildman–Crippen MR) is 95.5 cm³/mol. The third kappa shape index (κ3) is 2.53. The number of aryl methyl sites for hydroxylation is 1. The van der Waals surface area contributed by atoms with E-state index in [1.807, 2.05) is 37.3 Å². The molecule has 3 aromatic rings. The highest BCUT2D eigenvalue weighted by Gasteiger charge is 2.18. The smallest absolute Gasteiger partial charge is 0.143 e. The van der Waals surface area contributed by atoms with E-state index < -0.39 is 0 Å². The summed E-state index contributed by atoms with van der Waals surface area (Å²) < 4.78 is 1.09. The zero-order chi connectivity index (χ0) is 15.5. The van der Waals surface area contributed by atoms with Crippen LogP contribution in [0, 0.1) is 0 Å². The Hall–Kier alpha value is -2.13. The number of aromatic hydroxyl groups is 1. The summed E-state index contributed by atoms with van der Waals surface area (Å²) in [5, 5.41) is 11.5. The maximum absolute atomic E-state index is 10.6. The Labute approximate surface area is 134 Å². The Morgan fingerprint density at radius 1 is 1.05 bits per heavy atom. The van der Waals surface area contributed by atoms with Gasteiger partial charge in [-0.15, -0.1) is 11.3 Å². The molecule has 0 spiro atoms. The van der Waals surface area contributed by atoms with Crippen molar-refractivity contribution in [1.29, 1.82) is 0 Å². The van der Waals surface area contributed by atoms with Gasteiger partial charge in [0.15, 0.2) is 0 Å². The molecular formula is C19H19NOS. The number of benzene rings is 2. The van der Waals surface area contributed by atoms with Crippen molar-refractivity contribution in [2.45, 2.75) is 20.3 Å². The lowest BCUT2D eigenvalue weighted by Crippen LogP contribution is -2.06. The normalized spacial score (nSPS) is 12.0. The Bertz CT molecular complexity index is 832. The third-order valence-corrected chi connectivity index (χ3v) is 4.92. The average Bonchev–Trinajstić information content (AvgIpc) is 2.90. The predicted octanol–water partition coefficient (Wildman–Crippen LogP) is 5.03. The number of nitrogens with zero attached hydrogens (tertiary/aromatic N) is 1. The molecular weight excluding hydrogens is 290 g/mol. The van der Waals surface area contributed by atoms with E-state index >= 15 is 0 Å². The molecule has 0 aliphatic heterocycles. The first-order chi connectivity index (χ1) is 10.8. The monoisotopic (exact) mass is 309 g/mol. The molecule has 0 radical (unpaired) electrons. The van der Waals surface area contributed by atoms with E-state index in [2.05, 4.69) is 25.1 Å². The summed E-state index contributed by atoms with van der Waals surface area (Å²) in [5.74, 6) is 0.346. The van der Waals surface area contributed by atoms with Gasteiger partial charge in [0.1, 0.15) is 5.75 Å². The average molecular weight is 309 g/mol. The topological polar surface area (TPSA) is 32.6 Å². The van der Waals surface area contributed by atoms with Gasteiger partial charge in [-0.25, -0.2) is 0 Å². The molecule has 0 saturated carbocycles. The summed E-state index contributed by atoms with van der Waals surface area (Å²) in [6.07, 6.45) is 0.949. The third-order valence-electron chi connectivity index (χ3n) is 3.75. The number of hydrogen-bond donors (Lipinski definition) is 1.